The number of hydrogen-bond donors (Lipinski definition) is 0. The maximum Gasteiger partial charge on any atom is 0.222 e. The highest BCUT2D eigenvalue weighted by atomic mass is 32.1. The van der Waals surface area contributed by atoms with Crippen LogP contribution >= 0.6 is 11.3 Å². The molecule has 1 amide bonds. The van der Waals surface area contributed by atoms with Gasteiger partial charge in [0.2, 0.25) is 5.91 Å². The van der Waals surface area contributed by atoms with E-state index in [1.165, 1.54) is 48.5 Å². The molecule has 0 spiro atoms. The van der Waals surface area contributed by atoms with Crippen LogP contribution in [0.2, 0.25) is 0 Å². The summed E-state index contributed by atoms with van der Waals surface area (Å²) in [5.74, 6) is 2.29. The molecule has 3 fully saturated rings. The summed E-state index contributed by atoms with van der Waals surface area (Å²) in [6.07, 6.45) is 10.7. The molecule has 0 bridgehead atoms. The predicted octanol–water partition coefficient (Wildman–Crippen LogP) is 3.70. The van der Waals surface area contributed by atoms with Gasteiger partial charge in [0.25, 0.3) is 0 Å². The first-order chi connectivity index (χ1) is 10.8. The number of rotatable bonds is 4. The summed E-state index contributed by atoms with van der Waals surface area (Å²) < 4.78 is 0. The van der Waals surface area contributed by atoms with Gasteiger partial charge >= 0.3 is 0 Å². The van der Waals surface area contributed by atoms with Crippen LogP contribution in [0.4, 0.5) is 0 Å². The van der Waals surface area contributed by atoms with E-state index in [1.807, 2.05) is 11.3 Å². The van der Waals surface area contributed by atoms with Gasteiger partial charge < -0.3 is 4.90 Å². The zero-order valence-electron chi connectivity index (χ0n) is 13.2. The highest BCUT2D eigenvalue weighted by Gasteiger charge is 2.31. The highest BCUT2D eigenvalue weighted by molar-refractivity contribution is 7.11. The SMILES string of the molecule is O=C(CC1CCCC1)N1CCC(c2nnc(C3CC3)s2)CC1. The molecular weight excluding hydrogens is 294 g/mol. The van der Waals surface area contributed by atoms with Crippen LogP contribution in [-0.2, 0) is 4.79 Å². The van der Waals surface area contributed by atoms with Crippen molar-refractivity contribution in [3.05, 3.63) is 10.0 Å². The van der Waals surface area contributed by atoms with E-state index in [2.05, 4.69) is 15.1 Å². The van der Waals surface area contributed by atoms with Crippen LogP contribution in [0.1, 0.15) is 79.6 Å². The number of amides is 1. The molecule has 1 aliphatic heterocycles. The summed E-state index contributed by atoms with van der Waals surface area (Å²) in [5, 5.41) is 11.2. The molecule has 1 saturated heterocycles. The molecule has 1 aromatic rings. The fourth-order valence-electron chi connectivity index (χ4n) is 3.87. The molecule has 1 aromatic heterocycles. The second-order valence-electron chi connectivity index (χ2n) is 7.26. The molecule has 3 aliphatic rings. The Balaban J connectivity index is 1.28. The Morgan fingerprint density at radius 1 is 0.955 bits per heavy atom. The molecule has 0 atom stereocenters. The van der Waals surface area contributed by atoms with E-state index in [1.54, 1.807) is 0 Å². The lowest BCUT2D eigenvalue weighted by Gasteiger charge is -2.31. The van der Waals surface area contributed by atoms with E-state index >= 15 is 0 Å². The molecule has 120 valence electrons. The van der Waals surface area contributed by atoms with Crippen molar-refractivity contribution in [3.8, 4) is 0 Å². The summed E-state index contributed by atoms with van der Waals surface area (Å²) in [7, 11) is 0. The first kappa shape index (κ1) is 14.6. The molecule has 0 aromatic carbocycles. The molecule has 0 unspecified atom stereocenters. The van der Waals surface area contributed by atoms with E-state index in [9.17, 15) is 4.79 Å². The lowest BCUT2D eigenvalue weighted by atomic mass is 9.96. The van der Waals surface area contributed by atoms with Crippen molar-refractivity contribution >= 4 is 17.2 Å². The molecule has 4 rings (SSSR count). The van der Waals surface area contributed by atoms with Gasteiger partial charge in [0.15, 0.2) is 0 Å². The largest absolute Gasteiger partial charge is 0.343 e. The Kier molecular flexibility index (Phi) is 4.16. The van der Waals surface area contributed by atoms with Gasteiger partial charge in [0, 0.05) is 31.3 Å². The van der Waals surface area contributed by atoms with Gasteiger partial charge in [-0.1, -0.05) is 12.8 Å². The van der Waals surface area contributed by atoms with Crippen LogP contribution in [0.15, 0.2) is 0 Å². The minimum Gasteiger partial charge on any atom is -0.343 e. The van der Waals surface area contributed by atoms with Crippen molar-refractivity contribution in [1.82, 2.24) is 15.1 Å². The second kappa shape index (κ2) is 6.26. The molecule has 4 nitrogen and oxygen atoms in total. The van der Waals surface area contributed by atoms with Gasteiger partial charge in [-0.3, -0.25) is 4.79 Å². The third-order valence-electron chi connectivity index (χ3n) is 5.52. The third kappa shape index (κ3) is 3.19. The van der Waals surface area contributed by atoms with Crippen molar-refractivity contribution in [2.45, 2.75) is 69.6 Å². The van der Waals surface area contributed by atoms with Gasteiger partial charge in [-0.15, -0.1) is 21.5 Å². The van der Waals surface area contributed by atoms with Crippen LogP contribution in [0.3, 0.4) is 0 Å². The number of piperidine rings is 1. The van der Waals surface area contributed by atoms with Crippen molar-refractivity contribution in [3.63, 3.8) is 0 Å². The van der Waals surface area contributed by atoms with Crippen molar-refractivity contribution < 1.29 is 4.79 Å². The zero-order chi connectivity index (χ0) is 14.9. The van der Waals surface area contributed by atoms with Crippen LogP contribution in [0, 0.1) is 5.92 Å². The number of hydrogen-bond acceptors (Lipinski definition) is 4. The number of likely N-dealkylation sites (tertiary alicyclic amines) is 1. The fourth-order valence-corrected chi connectivity index (χ4v) is 5.06. The topological polar surface area (TPSA) is 46.1 Å². The number of nitrogens with zero attached hydrogens (tertiary/aromatic N) is 3. The highest BCUT2D eigenvalue weighted by Crippen LogP contribution is 2.43. The average Bonchev–Trinajstić information content (AvgIpc) is 3.06. The molecular formula is C17H25N3OS. The summed E-state index contributed by atoms with van der Waals surface area (Å²) in [4.78, 5) is 14.5. The van der Waals surface area contributed by atoms with Crippen molar-refractivity contribution in [2.75, 3.05) is 13.1 Å². The minimum atomic E-state index is 0.390. The molecule has 0 N–H and O–H groups in total. The second-order valence-corrected chi connectivity index (χ2v) is 8.30. The zero-order valence-corrected chi connectivity index (χ0v) is 14.0. The maximum atomic E-state index is 12.4. The minimum absolute atomic E-state index is 0.390. The lowest BCUT2D eigenvalue weighted by molar-refractivity contribution is -0.133. The number of carbonyl (C=O) groups is 1. The summed E-state index contributed by atoms with van der Waals surface area (Å²) in [5.41, 5.74) is 0. The fraction of sp³-hybridized carbons (Fsp3) is 0.824. The Labute approximate surface area is 136 Å². The summed E-state index contributed by atoms with van der Waals surface area (Å²) in [6, 6.07) is 0. The normalized spacial score (nSPS) is 24.1. The molecule has 22 heavy (non-hydrogen) atoms. The van der Waals surface area contributed by atoms with Gasteiger partial charge in [-0.2, -0.15) is 0 Å². The van der Waals surface area contributed by atoms with E-state index in [4.69, 9.17) is 0 Å². The Bertz CT molecular complexity index is 526. The van der Waals surface area contributed by atoms with Crippen LogP contribution in [0.25, 0.3) is 0 Å². The summed E-state index contributed by atoms with van der Waals surface area (Å²) >= 11 is 1.82. The summed E-state index contributed by atoms with van der Waals surface area (Å²) in [6.45, 7) is 1.82. The maximum absolute atomic E-state index is 12.4. The molecule has 0 radical (unpaired) electrons. The van der Waals surface area contributed by atoms with Crippen LogP contribution in [-0.4, -0.2) is 34.1 Å². The number of carbonyl (C=O) groups excluding carboxylic acids is 1. The van der Waals surface area contributed by atoms with Crippen LogP contribution in [0.5, 0.6) is 0 Å². The van der Waals surface area contributed by atoms with E-state index < -0.39 is 0 Å². The smallest absolute Gasteiger partial charge is 0.222 e. The molecule has 2 heterocycles. The molecule has 5 heteroatoms. The average molecular weight is 319 g/mol. The van der Waals surface area contributed by atoms with Gasteiger partial charge in [-0.25, -0.2) is 0 Å². The Morgan fingerprint density at radius 3 is 2.14 bits per heavy atom. The van der Waals surface area contributed by atoms with Gasteiger partial charge in [0.05, 0.1) is 0 Å². The van der Waals surface area contributed by atoms with Crippen molar-refractivity contribution in [2.24, 2.45) is 5.92 Å². The van der Waals surface area contributed by atoms with Crippen LogP contribution < -0.4 is 0 Å². The number of aromatic nitrogens is 2. The lowest BCUT2D eigenvalue weighted by Crippen LogP contribution is -2.38. The third-order valence-corrected chi connectivity index (χ3v) is 6.77. The van der Waals surface area contributed by atoms with E-state index in [0.717, 1.165) is 32.4 Å². The quantitative estimate of drug-likeness (QED) is 0.850. The Morgan fingerprint density at radius 2 is 1.55 bits per heavy atom. The standard InChI is InChI=1S/C17H25N3OS/c21-15(11-12-3-1-2-4-12)20-9-7-14(8-10-20)17-19-18-16(22-17)13-5-6-13/h12-14H,1-11H2. The van der Waals surface area contributed by atoms with Gasteiger partial charge in [-0.05, 0) is 44.4 Å². The van der Waals surface area contributed by atoms with Gasteiger partial charge in [0.1, 0.15) is 10.0 Å². The monoisotopic (exact) mass is 319 g/mol. The van der Waals surface area contributed by atoms with Crippen molar-refractivity contribution in [1.29, 1.82) is 0 Å². The first-order valence-corrected chi connectivity index (χ1v) is 9.72. The van der Waals surface area contributed by atoms with E-state index in [0.29, 0.717) is 23.7 Å². The molecule has 2 aliphatic carbocycles. The first-order valence-electron chi connectivity index (χ1n) is 8.90. The van der Waals surface area contributed by atoms with E-state index in [-0.39, 0.29) is 0 Å². The Hall–Kier alpha value is -0.970. The molecule has 2 saturated carbocycles. The predicted molar refractivity (Wildman–Crippen MR) is 87.0 cm³/mol.